The molecule has 0 aliphatic heterocycles. The summed E-state index contributed by atoms with van der Waals surface area (Å²) in [4.78, 5) is 23.1. The van der Waals surface area contributed by atoms with Crippen molar-refractivity contribution in [3.63, 3.8) is 0 Å². The highest BCUT2D eigenvalue weighted by molar-refractivity contribution is 6.48. The van der Waals surface area contributed by atoms with Gasteiger partial charge in [0.1, 0.15) is 0 Å². The van der Waals surface area contributed by atoms with Crippen LogP contribution in [0.1, 0.15) is 41.5 Å². The zero-order valence-electron chi connectivity index (χ0n) is 11.3. The van der Waals surface area contributed by atoms with Crippen molar-refractivity contribution in [2.45, 2.75) is 41.5 Å². The van der Waals surface area contributed by atoms with Gasteiger partial charge >= 0.3 is 0 Å². The number of aliphatic hydroxyl groups excluding tert-OH is 1. The van der Waals surface area contributed by atoms with Gasteiger partial charge in [0.05, 0.1) is 0 Å². The molecule has 0 saturated carbocycles. The zero-order chi connectivity index (χ0) is 13.6. The third-order valence-electron chi connectivity index (χ3n) is 2.78. The zero-order valence-corrected chi connectivity index (χ0v) is 11.3. The molecule has 0 spiro atoms. The Bertz CT molecular complexity index is 437. The van der Waals surface area contributed by atoms with Crippen LogP contribution in [0.15, 0.2) is 23.0 Å². The topological polar surface area (TPSA) is 54.4 Å². The molecule has 0 aromatic rings. The number of hydrogen-bond acceptors (Lipinski definition) is 3. The van der Waals surface area contributed by atoms with E-state index in [0.29, 0.717) is 5.57 Å². The van der Waals surface area contributed by atoms with Crippen LogP contribution in [-0.2, 0) is 9.59 Å². The molecule has 0 aromatic carbocycles. The molecule has 0 heterocycles. The van der Waals surface area contributed by atoms with Crippen molar-refractivity contribution >= 4 is 11.6 Å². The van der Waals surface area contributed by atoms with E-state index in [4.69, 9.17) is 0 Å². The highest BCUT2D eigenvalue weighted by Crippen LogP contribution is 2.43. The number of Topliss-reactive ketones (excluding diaryl/α,β-unsaturated/α-hetero) is 1. The third kappa shape index (κ3) is 2.48. The number of hydrogen-bond donors (Lipinski definition) is 1. The number of aliphatic hydroxyl groups is 1. The molecular formula is C14H20O3. The van der Waals surface area contributed by atoms with E-state index in [1.165, 1.54) is 6.08 Å². The van der Waals surface area contributed by atoms with E-state index >= 15 is 0 Å². The standard InChI is InChI=1S/C14H20O3/c1-13(2,3)8-7-9(15)11(16)12(17)10(8)14(4,5)6/h7,17H,1-6H3. The fourth-order valence-electron chi connectivity index (χ4n) is 1.98. The van der Waals surface area contributed by atoms with Gasteiger partial charge in [0.2, 0.25) is 5.78 Å². The summed E-state index contributed by atoms with van der Waals surface area (Å²) in [6.45, 7) is 11.6. The van der Waals surface area contributed by atoms with E-state index in [1.54, 1.807) is 0 Å². The predicted octanol–water partition coefficient (Wildman–Crippen LogP) is 2.97. The fourth-order valence-corrected chi connectivity index (χ4v) is 1.98. The van der Waals surface area contributed by atoms with Gasteiger partial charge in [0.15, 0.2) is 5.76 Å². The molecule has 3 nitrogen and oxygen atoms in total. The molecule has 3 heteroatoms. The molecule has 1 aliphatic carbocycles. The number of carbonyl (C=O) groups excluding carboxylic acids is 2. The van der Waals surface area contributed by atoms with Gasteiger partial charge in [0.25, 0.3) is 5.78 Å². The summed E-state index contributed by atoms with van der Waals surface area (Å²) in [5.74, 6) is -1.83. The van der Waals surface area contributed by atoms with Crippen molar-refractivity contribution < 1.29 is 14.7 Å². The van der Waals surface area contributed by atoms with E-state index in [2.05, 4.69) is 0 Å². The summed E-state index contributed by atoms with van der Waals surface area (Å²) >= 11 is 0. The number of rotatable bonds is 0. The second-order valence-corrected chi connectivity index (χ2v) is 6.47. The smallest absolute Gasteiger partial charge is 0.267 e. The van der Waals surface area contributed by atoms with E-state index in [0.717, 1.165) is 5.57 Å². The second-order valence-electron chi connectivity index (χ2n) is 6.47. The minimum atomic E-state index is -0.803. The summed E-state index contributed by atoms with van der Waals surface area (Å²) in [7, 11) is 0. The first kappa shape index (κ1) is 13.7. The van der Waals surface area contributed by atoms with Crippen molar-refractivity contribution in [3.8, 4) is 0 Å². The van der Waals surface area contributed by atoms with Crippen LogP contribution in [0.2, 0.25) is 0 Å². The van der Waals surface area contributed by atoms with Crippen LogP contribution >= 0.6 is 0 Å². The molecule has 0 radical (unpaired) electrons. The average molecular weight is 236 g/mol. The average Bonchev–Trinajstić information content (AvgIpc) is 2.09. The van der Waals surface area contributed by atoms with Crippen LogP contribution in [0.4, 0.5) is 0 Å². The maximum Gasteiger partial charge on any atom is 0.267 e. The summed E-state index contributed by atoms with van der Waals surface area (Å²) in [5, 5.41) is 9.95. The lowest BCUT2D eigenvalue weighted by Crippen LogP contribution is -2.31. The van der Waals surface area contributed by atoms with Crippen LogP contribution in [0, 0.1) is 10.8 Å². The van der Waals surface area contributed by atoms with Gasteiger partial charge in [-0.1, -0.05) is 41.5 Å². The van der Waals surface area contributed by atoms with Gasteiger partial charge in [-0.3, -0.25) is 9.59 Å². The largest absolute Gasteiger partial charge is 0.504 e. The summed E-state index contributed by atoms with van der Waals surface area (Å²) in [6.07, 6.45) is 1.36. The minimum Gasteiger partial charge on any atom is -0.504 e. The van der Waals surface area contributed by atoms with E-state index < -0.39 is 17.3 Å². The molecule has 0 aromatic heterocycles. The molecule has 1 rings (SSSR count). The van der Waals surface area contributed by atoms with Gasteiger partial charge in [-0.2, -0.15) is 0 Å². The van der Waals surface area contributed by atoms with Crippen LogP contribution in [0.3, 0.4) is 0 Å². The molecule has 0 unspecified atom stereocenters. The Kier molecular flexibility index (Phi) is 3.08. The first-order valence-corrected chi connectivity index (χ1v) is 5.71. The van der Waals surface area contributed by atoms with Crippen LogP contribution < -0.4 is 0 Å². The third-order valence-corrected chi connectivity index (χ3v) is 2.78. The predicted molar refractivity (Wildman–Crippen MR) is 66.7 cm³/mol. The SMILES string of the molecule is CC(C)(C)C1=CC(=O)C(=O)C(O)=C1C(C)(C)C. The van der Waals surface area contributed by atoms with Crippen LogP contribution in [0.5, 0.6) is 0 Å². The van der Waals surface area contributed by atoms with Gasteiger partial charge in [0, 0.05) is 5.57 Å². The van der Waals surface area contributed by atoms with Gasteiger partial charge in [-0.15, -0.1) is 0 Å². The van der Waals surface area contributed by atoms with Crippen molar-refractivity contribution in [1.29, 1.82) is 0 Å². The van der Waals surface area contributed by atoms with Crippen LogP contribution in [-0.4, -0.2) is 16.7 Å². The lowest BCUT2D eigenvalue weighted by molar-refractivity contribution is -0.133. The number of ketones is 2. The Morgan fingerprint density at radius 1 is 0.941 bits per heavy atom. The highest BCUT2D eigenvalue weighted by Gasteiger charge is 2.38. The van der Waals surface area contributed by atoms with E-state index in [9.17, 15) is 14.7 Å². The summed E-state index contributed by atoms with van der Waals surface area (Å²) < 4.78 is 0. The molecule has 1 aliphatic rings. The molecule has 0 amide bonds. The van der Waals surface area contributed by atoms with Crippen LogP contribution in [0.25, 0.3) is 0 Å². The molecule has 0 bridgehead atoms. The first-order chi connectivity index (χ1) is 7.46. The van der Waals surface area contributed by atoms with Gasteiger partial charge in [-0.05, 0) is 22.5 Å². The van der Waals surface area contributed by atoms with E-state index in [-0.39, 0.29) is 10.8 Å². The molecular weight excluding hydrogens is 216 g/mol. The Hall–Kier alpha value is -1.38. The highest BCUT2D eigenvalue weighted by atomic mass is 16.3. The molecule has 94 valence electrons. The maximum absolute atomic E-state index is 11.6. The number of allylic oxidation sites excluding steroid dienone is 4. The molecule has 0 atom stereocenters. The number of carbonyl (C=O) groups is 2. The first-order valence-electron chi connectivity index (χ1n) is 5.71. The summed E-state index contributed by atoms with van der Waals surface area (Å²) in [6, 6.07) is 0. The minimum absolute atomic E-state index is 0.285. The molecule has 0 saturated heterocycles. The second kappa shape index (κ2) is 3.83. The van der Waals surface area contributed by atoms with Crippen molar-refractivity contribution in [2.24, 2.45) is 10.8 Å². The van der Waals surface area contributed by atoms with Crippen molar-refractivity contribution in [2.75, 3.05) is 0 Å². The molecule has 17 heavy (non-hydrogen) atoms. The summed E-state index contributed by atoms with van der Waals surface area (Å²) in [5.41, 5.74) is 0.661. The van der Waals surface area contributed by atoms with E-state index in [1.807, 2.05) is 41.5 Å². The quantitative estimate of drug-likeness (QED) is 0.519. The molecule has 1 N–H and O–H groups in total. The monoisotopic (exact) mass is 236 g/mol. The van der Waals surface area contributed by atoms with Crippen molar-refractivity contribution in [3.05, 3.63) is 23.0 Å². The Morgan fingerprint density at radius 3 is 1.76 bits per heavy atom. The van der Waals surface area contributed by atoms with Crippen molar-refractivity contribution in [1.82, 2.24) is 0 Å². The lowest BCUT2D eigenvalue weighted by Gasteiger charge is -2.34. The maximum atomic E-state index is 11.6. The Labute approximate surface area is 102 Å². The van der Waals surface area contributed by atoms with Gasteiger partial charge in [-0.25, -0.2) is 0 Å². The Morgan fingerprint density at radius 2 is 1.41 bits per heavy atom. The Balaban J connectivity index is 3.53. The molecule has 0 fully saturated rings. The lowest BCUT2D eigenvalue weighted by atomic mass is 9.69. The normalized spacial score (nSPS) is 18.6. The van der Waals surface area contributed by atoms with Gasteiger partial charge < -0.3 is 5.11 Å². The fraction of sp³-hybridized carbons (Fsp3) is 0.571.